The van der Waals surface area contributed by atoms with Crippen LogP contribution in [0.15, 0.2) is 109 Å². The van der Waals surface area contributed by atoms with E-state index in [1.54, 1.807) is 0 Å². The second-order valence-electron chi connectivity index (χ2n) is 8.84. The van der Waals surface area contributed by atoms with E-state index in [4.69, 9.17) is 4.74 Å². The summed E-state index contributed by atoms with van der Waals surface area (Å²) in [6.45, 7) is 3.56. The molecule has 0 bridgehead atoms. The summed E-state index contributed by atoms with van der Waals surface area (Å²) in [4.78, 5) is 25.6. The van der Waals surface area contributed by atoms with Gasteiger partial charge < -0.3 is 15.4 Å². The molecule has 4 aromatic carbocycles. The van der Waals surface area contributed by atoms with Crippen LogP contribution < -0.4 is 16.0 Å². The van der Waals surface area contributed by atoms with E-state index in [1.165, 1.54) is 0 Å². The van der Waals surface area contributed by atoms with Crippen LogP contribution in [0.5, 0.6) is 0 Å². The summed E-state index contributed by atoms with van der Waals surface area (Å²) in [5.74, 6) is -0.428. The second kappa shape index (κ2) is 13.8. The lowest BCUT2D eigenvalue weighted by Gasteiger charge is -2.18. The number of carbonyl (C=O) groups excluding carboxylic acids is 2. The molecule has 0 saturated carbocycles. The molecule has 0 aliphatic carbocycles. The minimum Gasteiger partial charge on any atom is -0.464 e. The van der Waals surface area contributed by atoms with Gasteiger partial charge in [-0.15, -0.1) is 0 Å². The third kappa shape index (κ3) is 7.31. The molecule has 194 valence electrons. The number of hydrogen-bond donors (Lipinski definition) is 3. The molecule has 4 aromatic rings. The van der Waals surface area contributed by atoms with Crippen LogP contribution in [-0.2, 0) is 9.53 Å². The van der Waals surface area contributed by atoms with E-state index in [1.807, 2.05) is 116 Å². The summed E-state index contributed by atoms with van der Waals surface area (Å²) in [6, 6.07) is 34.1. The molecule has 1 unspecified atom stereocenters. The van der Waals surface area contributed by atoms with Gasteiger partial charge in [0.15, 0.2) is 0 Å². The first-order valence-electron chi connectivity index (χ1n) is 12.9. The van der Waals surface area contributed by atoms with Gasteiger partial charge in [-0.2, -0.15) is 0 Å². The van der Waals surface area contributed by atoms with Crippen LogP contribution in [0.4, 0.5) is 11.4 Å². The molecule has 4 rings (SSSR count). The molecule has 0 fully saturated rings. The number of nitrogens with one attached hydrogen (secondary N) is 3. The van der Waals surface area contributed by atoms with Crippen LogP contribution in [0, 0.1) is 0 Å². The van der Waals surface area contributed by atoms with E-state index < -0.39 is 6.04 Å². The molecule has 6 heteroatoms. The van der Waals surface area contributed by atoms with E-state index >= 15 is 0 Å². The molecule has 1 atom stereocenters. The molecular formula is C32H33N3O3. The normalized spacial score (nSPS) is 11.4. The van der Waals surface area contributed by atoms with E-state index in [9.17, 15) is 9.59 Å². The molecule has 0 heterocycles. The van der Waals surface area contributed by atoms with Crippen LogP contribution >= 0.6 is 0 Å². The van der Waals surface area contributed by atoms with Crippen LogP contribution in [-0.4, -0.2) is 31.6 Å². The molecule has 0 radical (unpaired) electrons. The van der Waals surface area contributed by atoms with Crippen molar-refractivity contribution in [3.63, 3.8) is 0 Å². The lowest BCUT2D eigenvalue weighted by molar-refractivity contribution is -0.146. The summed E-state index contributed by atoms with van der Waals surface area (Å²) < 4.78 is 5.38. The number of esters is 1. The Balaban J connectivity index is 1.31. The molecule has 6 nitrogen and oxygen atoms in total. The highest BCUT2D eigenvalue weighted by Gasteiger charge is 2.21. The van der Waals surface area contributed by atoms with Crippen LogP contribution in [0.3, 0.4) is 0 Å². The number of amides is 1. The molecule has 38 heavy (non-hydrogen) atoms. The Labute approximate surface area is 224 Å². The molecule has 0 aromatic heterocycles. The average molecular weight is 508 g/mol. The molecule has 1 amide bonds. The Morgan fingerprint density at radius 3 is 2.08 bits per heavy atom. The monoisotopic (exact) mass is 507 g/mol. The van der Waals surface area contributed by atoms with E-state index in [2.05, 4.69) is 16.0 Å². The van der Waals surface area contributed by atoms with Crippen molar-refractivity contribution in [2.75, 3.05) is 30.3 Å². The predicted octanol–water partition coefficient (Wildman–Crippen LogP) is 6.30. The molecule has 3 N–H and O–H groups in total. The van der Waals surface area contributed by atoms with Crippen molar-refractivity contribution in [3.8, 4) is 11.1 Å². The van der Waals surface area contributed by atoms with Gasteiger partial charge >= 0.3 is 5.97 Å². The zero-order chi connectivity index (χ0) is 26.6. The fourth-order valence-corrected chi connectivity index (χ4v) is 4.11. The zero-order valence-electron chi connectivity index (χ0n) is 21.5. The SMILES string of the molecule is CCCOC(=O)C(NCCNc1ccc(NC(=O)c2ccccc2-c2ccccc2)cc1)c1ccccc1. The number of ether oxygens (including phenoxy) is 1. The first-order chi connectivity index (χ1) is 18.7. The maximum Gasteiger partial charge on any atom is 0.327 e. The van der Waals surface area contributed by atoms with E-state index in [0.29, 0.717) is 30.9 Å². The van der Waals surface area contributed by atoms with Gasteiger partial charge in [-0.25, -0.2) is 4.79 Å². The van der Waals surface area contributed by atoms with Gasteiger partial charge in [0.2, 0.25) is 0 Å². The third-order valence-corrected chi connectivity index (χ3v) is 6.02. The van der Waals surface area contributed by atoms with Crippen molar-refractivity contribution in [2.24, 2.45) is 0 Å². The Hall–Kier alpha value is -4.42. The fourth-order valence-electron chi connectivity index (χ4n) is 4.11. The van der Waals surface area contributed by atoms with Crippen molar-refractivity contribution in [2.45, 2.75) is 19.4 Å². The van der Waals surface area contributed by atoms with Crippen molar-refractivity contribution in [1.82, 2.24) is 5.32 Å². The summed E-state index contributed by atoms with van der Waals surface area (Å²) in [6.07, 6.45) is 0.783. The summed E-state index contributed by atoms with van der Waals surface area (Å²) in [7, 11) is 0. The molecule has 0 saturated heterocycles. The van der Waals surface area contributed by atoms with Crippen molar-refractivity contribution in [1.29, 1.82) is 0 Å². The highest BCUT2D eigenvalue weighted by molar-refractivity contribution is 6.08. The largest absolute Gasteiger partial charge is 0.464 e. The molecule has 0 aliphatic heterocycles. The number of hydrogen-bond acceptors (Lipinski definition) is 5. The number of carbonyl (C=O) groups is 2. The number of benzene rings is 4. The molecular weight excluding hydrogens is 474 g/mol. The zero-order valence-corrected chi connectivity index (χ0v) is 21.5. The Morgan fingerprint density at radius 1 is 0.737 bits per heavy atom. The maximum atomic E-state index is 13.0. The van der Waals surface area contributed by atoms with Crippen LogP contribution in [0.1, 0.15) is 35.3 Å². The highest BCUT2D eigenvalue weighted by atomic mass is 16.5. The maximum absolute atomic E-state index is 13.0. The van der Waals surface area contributed by atoms with Gasteiger partial charge in [-0.1, -0.05) is 85.8 Å². The van der Waals surface area contributed by atoms with Gasteiger partial charge in [-0.05, 0) is 53.4 Å². The smallest absolute Gasteiger partial charge is 0.327 e. The van der Waals surface area contributed by atoms with Gasteiger partial charge in [0.05, 0.1) is 6.61 Å². The first-order valence-corrected chi connectivity index (χ1v) is 12.9. The number of rotatable bonds is 12. The fraction of sp³-hybridized carbons (Fsp3) is 0.188. The lowest BCUT2D eigenvalue weighted by atomic mass is 9.99. The highest BCUT2D eigenvalue weighted by Crippen LogP contribution is 2.24. The summed E-state index contributed by atoms with van der Waals surface area (Å²) >= 11 is 0. The van der Waals surface area contributed by atoms with Gasteiger partial charge in [0, 0.05) is 30.0 Å². The predicted molar refractivity (Wildman–Crippen MR) is 153 cm³/mol. The Morgan fingerprint density at radius 2 is 1.37 bits per heavy atom. The van der Waals surface area contributed by atoms with Gasteiger partial charge in [0.25, 0.3) is 5.91 Å². The topological polar surface area (TPSA) is 79.5 Å². The van der Waals surface area contributed by atoms with Crippen LogP contribution in [0.2, 0.25) is 0 Å². The van der Waals surface area contributed by atoms with Gasteiger partial charge in [0.1, 0.15) is 6.04 Å². The summed E-state index contributed by atoms with van der Waals surface area (Å²) in [5, 5.41) is 9.64. The Bertz CT molecular complexity index is 1310. The minimum absolute atomic E-state index is 0.156. The van der Waals surface area contributed by atoms with Crippen molar-refractivity contribution in [3.05, 3.63) is 120 Å². The van der Waals surface area contributed by atoms with Crippen LogP contribution in [0.25, 0.3) is 11.1 Å². The lowest BCUT2D eigenvalue weighted by Crippen LogP contribution is -2.33. The molecule has 0 spiro atoms. The van der Waals surface area contributed by atoms with E-state index in [-0.39, 0.29) is 11.9 Å². The molecule has 0 aliphatic rings. The second-order valence-corrected chi connectivity index (χ2v) is 8.84. The minimum atomic E-state index is -0.513. The first kappa shape index (κ1) is 26.6. The van der Waals surface area contributed by atoms with Crippen molar-refractivity contribution < 1.29 is 14.3 Å². The average Bonchev–Trinajstić information content (AvgIpc) is 2.97. The Kier molecular flexibility index (Phi) is 9.65. The quantitative estimate of drug-likeness (QED) is 0.155. The van der Waals surface area contributed by atoms with E-state index in [0.717, 1.165) is 28.8 Å². The third-order valence-electron chi connectivity index (χ3n) is 6.02. The summed E-state index contributed by atoms with van der Waals surface area (Å²) in [5.41, 5.74) is 5.02. The van der Waals surface area contributed by atoms with Gasteiger partial charge in [-0.3, -0.25) is 10.1 Å². The van der Waals surface area contributed by atoms with Crippen molar-refractivity contribution >= 4 is 23.3 Å². The number of anilines is 2. The standard InChI is InChI=1S/C32H33N3O3/c1-2-23-38-32(37)30(25-13-7-4-8-14-25)34-22-21-33-26-17-19-27(20-18-26)35-31(36)29-16-10-9-15-28(29)24-11-5-3-6-12-24/h3-20,30,33-34H,2,21-23H2,1H3,(H,35,36).